The monoisotopic (exact) mass is 286 g/mol. The van der Waals surface area contributed by atoms with E-state index in [4.69, 9.17) is 4.74 Å². The van der Waals surface area contributed by atoms with Crippen molar-refractivity contribution in [3.63, 3.8) is 0 Å². The topological polar surface area (TPSA) is 89.9 Å². The van der Waals surface area contributed by atoms with Crippen molar-refractivity contribution in [2.75, 3.05) is 18.6 Å². The normalized spacial score (nSPS) is 19.3. The number of hydrogen-bond donors (Lipinski definition) is 1. The largest absolute Gasteiger partial charge is 0.488 e. The lowest BCUT2D eigenvalue weighted by Gasteiger charge is -2.27. The van der Waals surface area contributed by atoms with Crippen LogP contribution in [0.5, 0.6) is 5.75 Å². The third kappa shape index (κ3) is 3.05. The fourth-order valence-corrected chi connectivity index (χ4v) is 2.99. The van der Waals surface area contributed by atoms with E-state index in [1.807, 2.05) is 0 Å². The molecule has 1 saturated heterocycles. The summed E-state index contributed by atoms with van der Waals surface area (Å²) in [6.45, 7) is 0. The lowest BCUT2D eigenvalue weighted by atomic mass is 10.1. The lowest BCUT2D eigenvalue weighted by Crippen LogP contribution is -2.45. The Bertz CT molecular complexity index is 568. The fraction of sp³-hybridized carbons (Fsp3) is 0.417. The van der Waals surface area contributed by atoms with Gasteiger partial charge in [-0.1, -0.05) is 18.2 Å². The molecule has 1 aromatic rings. The molecule has 1 heterocycles. The van der Waals surface area contributed by atoms with Crippen LogP contribution in [0.3, 0.4) is 0 Å². The van der Waals surface area contributed by atoms with Gasteiger partial charge in [-0.05, 0) is 6.07 Å². The number of methoxy groups -OCH3 is 1. The summed E-state index contributed by atoms with van der Waals surface area (Å²) in [6.07, 6.45) is -1.88. The first-order valence-corrected chi connectivity index (χ1v) is 7.47. The van der Waals surface area contributed by atoms with Crippen LogP contribution in [0, 0.1) is 0 Å². The molecule has 0 aromatic heterocycles. The molecule has 1 unspecified atom stereocenters. The van der Waals surface area contributed by atoms with Crippen LogP contribution >= 0.6 is 0 Å². The summed E-state index contributed by atoms with van der Waals surface area (Å²) in [5, 5.41) is 9.80. The number of esters is 1. The van der Waals surface area contributed by atoms with Crippen LogP contribution in [-0.2, 0) is 19.4 Å². The van der Waals surface area contributed by atoms with Crippen molar-refractivity contribution in [1.29, 1.82) is 0 Å². The molecule has 0 saturated carbocycles. The van der Waals surface area contributed by atoms with Crippen LogP contribution in [0.1, 0.15) is 11.7 Å². The van der Waals surface area contributed by atoms with Gasteiger partial charge >= 0.3 is 5.97 Å². The van der Waals surface area contributed by atoms with Gasteiger partial charge in [0, 0.05) is 5.56 Å². The molecule has 1 aromatic carbocycles. The summed E-state index contributed by atoms with van der Waals surface area (Å²) in [5.74, 6) is -0.594. The van der Waals surface area contributed by atoms with E-state index < -0.39 is 28.0 Å². The molecule has 1 aliphatic rings. The summed E-state index contributed by atoms with van der Waals surface area (Å²) in [4.78, 5) is 11.3. The smallest absolute Gasteiger partial charge is 0.339 e. The first kappa shape index (κ1) is 13.8. The first-order valence-electron chi connectivity index (χ1n) is 5.65. The second kappa shape index (κ2) is 5.18. The number of aliphatic hydroxyl groups excluding tert-OH is 1. The third-order valence-electron chi connectivity index (χ3n) is 2.81. The number of rotatable bonds is 4. The molecule has 1 fully saturated rings. The van der Waals surface area contributed by atoms with E-state index in [1.165, 1.54) is 13.2 Å². The van der Waals surface area contributed by atoms with Crippen molar-refractivity contribution in [2.45, 2.75) is 12.2 Å². The molecule has 6 nitrogen and oxygen atoms in total. The van der Waals surface area contributed by atoms with Gasteiger partial charge in [-0.2, -0.15) is 0 Å². The Morgan fingerprint density at radius 2 is 2.00 bits per heavy atom. The Hall–Kier alpha value is -1.60. The summed E-state index contributed by atoms with van der Waals surface area (Å²) >= 11 is 0. The van der Waals surface area contributed by atoms with E-state index in [0.29, 0.717) is 5.75 Å². The molecule has 0 aliphatic carbocycles. The van der Waals surface area contributed by atoms with E-state index >= 15 is 0 Å². The molecule has 0 bridgehead atoms. The average molecular weight is 286 g/mol. The van der Waals surface area contributed by atoms with Crippen molar-refractivity contribution >= 4 is 15.8 Å². The minimum atomic E-state index is -2.98. The van der Waals surface area contributed by atoms with E-state index in [-0.39, 0.29) is 17.1 Å². The second-order valence-electron chi connectivity index (χ2n) is 4.28. The Morgan fingerprint density at radius 3 is 2.58 bits per heavy atom. The quantitative estimate of drug-likeness (QED) is 0.788. The van der Waals surface area contributed by atoms with Crippen LogP contribution in [0.2, 0.25) is 0 Å². The number of hydrogen-bond acceptors (Lipinski definition) is 6. The zero-order valence-electron chi connectivity index (χ0n) is 10.3. The molecular weight excluding hydrogens is 272 g/mol. The highest BCUT2D eigenvalue weighted by Crippen LogP contribution is 2.28. The van der Waals surface area contributed by atoms with Crippen LogP contribution in [0.15, 0.2) is 24.3 Å². The standard InChI is InChI=1S/C12H14O6S/c1-17-12(14)11(13)9-4-2-3-5-10(9)18-8-6-19(15,16)7-8/h2-5,8,11,13H,6-7H2,1H3. The Kier molecular flexibility index (Phi) is 3.77. The van der Waals surface area contributed by atoms with Gasteiger partial charge in [0.1, 0.15) is 11.9 Å². The van der Waals surface area contributed by atoms with Crippen LogP contribution in [0.25, 0.3) is 0 Å². The molecular formula is C12H14O6S. The summed E-state index contributed by atoms with van der Waals surface area (Å²) in [6, 6.07) is 6.43. The maximum Gasteiger partial charge on any atom is 0.339 e. The molecule has 1 atom stereocenters. The van der Waals surface area contributed by atoms with Gasteiger partial charge in [-0.15, -0.1) is 0 Å². The molecule has 7 heteroatoms. The van der Waals surface area contributed by atoms with Crippen LogP contribution in [-0.4, -0.2) is 44.2 Å². The van der Waals surface area contributed by atoms with Crippen LogP contribution < -0.4 is 4.74 Å². The van der Waals surface area contributed by atoms with E-state index in [0.717, 1.165) is 0 Å². The Morgan fingerprint density at radius 1 is 1.37 bits per heavy atom. The van der Waals surface area contributed by atoms with Gasteiger partial charge in [0.2, 0.25) is 0 Å². The molecule has 1 N–H and O–H groups in total. The SMILES string of the molecule is COC(=O)C(O)c1ccccc1OC1CS(=O)(=O)C1. The highest BCUT2D eigenvalue weighted by Gasteiger charge is 2.36. The molecule has 2 rings (SSSR count). The van der Waals surface area contributed by atoms with Crippen molar-refractivity contribution in [3.8, 4) is 5.75 Å². The summed E-state index contributed by atoms with van der Waals surface area (Å²) in [7, 11) is -1.81. The Balaban J connectivity index is 2.15. The van der Waals surface area contributed by atoms with Gasteiger partial charge in [0.05, 0.1) is 18.6 Å². The number of para-hydroxylation sites is 1. The fourth-order valence-electron chi connectivity index (χ4n) is 1.82. The van der Waals surface area contributed by atoms with Crippen molar-refractivity contribution in [3.05, 3.63) is 29.8 Å². The molecule has 0 spiro atoms. The summed E-state index contributed by atoms with van der Waals surface area (Å²) in [5.41, 5.74) is 0.263. The number of aliphatic hydroxyl groups is 1. The van der Waals surface area contributed by atoms with Gasteiger partial charge in [0.15, 0.2) is 15.9 Å². The predicted molar refractivity (Wildman–Crippen MR) is 66.5 cm³/mol. The number of benzene rings is 1. The molecule has 104 valence electrons. The number of ether oxygens (including phenoxy) is 2. The average Bonchev–Trinajstić information content (AvgIpc) is 2.35. The number of sulfone groups is 1. The number of carbonyl (C=O) groups is 1. The Labute approximate surface area is 110 Å². The van der Waals surface area contributed by atoms with Gasteiger partial charge in [0.25, 0.3) is 0 Å². The third-order valence-corrected chi connectivity index (χ3v) is 4.57. The highest BCUT2D eigenvalue weighted by atomic mass is 32.2. The predicted octanol–water partition coefficient (Wildman–Crippen LogP) is 0.0688. The minimum absolute atomic E-state index is 0.0460. The molecule has 19 heavy (non-hydrogen) atoms. The van der Waals surface area contributed by atoms with Crippen molar-refractivity contribution < 1.29 is 27.8 Å². The highest BCUT2D eigenvalue weighted by molar-refractivity contribution is 7.92. The molecule has 0 radical (unpaired) electrons. The van der Waals surface area contributed by atoms with Crippen molar-refractivity contribution in [1.82, 2.24) is 0 Å². The van der Waals surface area contributed by atoms with Crippen LogP contribution in [0.4, 0.5) is 0 Å². The first-order chi connectivity index (χ1) is 8.93. The van der Waals surface area contributed by atoms with E-state index in [2.05, 4.69) is 4.74 Å². The zero-order chi connectivity index (χ0) is 14.0. The second-order valence-corrected chi connectivity index (χ2v) is 6.43. The maximum atomic E-state index is 11.3. The minimum Gasteiger partial charge on any atom is -0.488 e. The van der Waals surface area contributed by atoms with E-state index in [1.54, 1.807) is 18.2 Å². The van der Waals surface area contributed by atoms with Gasteiger partial charge in [-0.3, -0.25) is 0 Å². The maximum absolute atomic E-state index is 11.3. The van der Waals surface area contributed by atoms with Gasteiger partial charge in [-0.25, -0.2) is 13.2 Å². The molecule has 0 amide bonds. The lowest BCUT2D eigenvalue weighted by molar-refractivity contribution is -0.150. The van der Waals surface area contributed by atoms with Gasteiger partial charge < -0.3 is 14.6 Å². The molecule has 1 aliphatic heterocycles. The zero-order valence-corrected chi connectivity index (χ0v) is 11.1. The summed E-state index contributed by atoms with van der Waals surface area (Å²) < 4.78 is 32.1. The number of carbonyl (C=O) groups excluding carboxylic acids is 1. The van der Waals surface area contributed by atoms with Crippen molar-refractivity contribution in [2.24, 2.45) is 0 Å². The van der Waals surface area contributed by atoms with E-state index in [9.17, 15) is 18.3 Å².